The van der Waals surface area contributed by atoms with Crippen LogP contribution < -0.4 is 18.9 Å². The first-order chi connectivity index (χ1) is 16.7. The van der Waals surface area contributed by atoms with Crippen molar-refractivity contribution in [2.24, 2.45) is 0 Å². The van der Waals surface area contributed by atoms with E-state index < -0.39 is 28.9 Å². The molecule has 0 bridgehead atoms. The maximum Gasteiger partial charge on any atom is 0.416 e. The molecule has 2 aromatic rings. The van der Waals surface area contributed by atoms with E-state index in [1.165, 1.54) is 19.1 Å². The summed E-state index contributed by atoms with van der Waals surface area (Å²) in [6.07, 6.45) is -2.73. The van der Waals surface area contributed by atoms with Crippen molar-refractivity contribution < 1.29 is 42.0 Å². The largest absolute Gasteiger partial charge is 0.493 e. The molecule has 3 rings (SSSR count). The lowest BCUT2D eigenvalue weighted by molar-refractivity contribution is -0.154. The topological polar surface area (TPSA) is 74.2 Å². The highest BCUT2D eigenvalue weighted by Crippen LogP contribution is 2.47. The van der Waals surface area contributed by atoms with Crippen LogP contribution in [0.15, 0.2) is 42.5 Å². The minimum atomic E-state index is -4.55. The first-order valence-corrected chi connectivity index (χ1v) is 11.7. The fourth-order valence-corrected chi connectivity index (χ4v) is 3.69. The number of carboxylic acid groups (broad SMARTS) is 1. The van der Waals surface area contributed by atoms with E-state index in [0.717, 1.165) is 6.08 Å². The van der Waals surface area contributed by atoms with Gasteiger partial charge in [-0.2, -0.15) is 13.2 Å². The molecule has 0 amide bonds. The predicted octanol–water partition coefficient (Wildman–Crippen LogP) is 6.94. The number of ether oxygens (including phenoxy) is 4. The fourth-order valence-electron chi connectivity index (χ4n) is 3.48. The Hall–Kier alpha value is -3.07. The van der Waals surface area contributed by atoms with Crippen LogP contribution in [0.5, 0.6) is 23.0 Å². The zero-order valence-electron chi connectivity index (χ0n) is 20.4. The SMILES string of the molecule is CC[C@](C)(Oc1ccc(OCCCOc2cc3c(cc2Cl)C(C(F)(F)F)=CC(C)(C)O3)cc1)C(=O)O. The molecule has 1 heterocycles. The molecule has 196 valence electrons. The minimum Gasteiger partial charge on any atom is -0.493 e. The smallest absolute Gasteiger partial charge is 0.416 e. The van der Waals surface area contributed by atoms with Crippen molar-refractivity contribution in [3.63, 3.8) is 0 Å². The number of allylic oxidation sites excluding steroid dienone is 1. The first-order valence-electron chi connectivity index (χ1n) is 11.3. The summed E-state index contributed by atoms with van der Waals surface area (Å²) in [4.78, 5) is 11.4. The molecule has 0 fully saturated rings. The van der Waals surface area contributed by atoms with Gasteiger partial charge in [0.15, 0.2) is 0 Å². The molecule has 0 saturated heterocycles. The molecule has 10 heteroatoms. The lowest BCUT2D eigenvalue weighted by Crippen LogP contribution is -2.40. The Morgan fingerprint density at radius 3 is 2.28 bits per heavy atom. The Labute approximate surface area is 212 Å². The molecular weight excluding hydrogens is 501 g/mol. The predicted molar refractivity (Wildman–Crippen MR) is 129 cm³/mol. The summed E-state index contributed by atoms with van der Waals surface area (Å²) in [7, 11) is 0. The zero-order chi connectivity index (χ0) is 26.7. The Balaban J connectivity index is 1.54. The second-order valence-corrected chi connectivity index (χ2v) is 9.46. The molecule has 0 aromatic heterocycles. The summed E-state index contributed by atoms with van der Waals surface area (Å²) in [5, 5.41) is 9.36. The molecule has 1 aliphatic heterocycles. The van der Waals surface area contributed by atoms with Gasteiger partial charge in [-0.15, -0.1) is 0 Å². The molecule has 2 aromatic carbocycles. The number of fused-ring (bicyclic) bond motifs is 1. The average Bonchev–Trinajstić information content (AvgIpc) is 2.78. The average molecular weight is 529 g/mol. The summed E-state index contributed by atoms with van der Waals surface area (Å²) >= 11 is 6.19. The number of hydrogen-bond acceptors (Lipinski definition) is 5. The molecular formula is C26H28ClF3O6. The highest BCUT2D eigenvalue weighted by Gasteiger charge is 2.42. The normalized spacial score (nSPS) is 16.2. The van der Waals surface area contributed by atoms with Gasteiger partial charge in [-0.05, 0) is 63.6 Å². The second-order valence-electron chi connectivity index (χ2n) is 9.05. The third-order valence-corrected chi connectivity index (χ3v) is 5.90. The van der Waals surface area contributed by atoms with Crippen LogP contribution in [-0.4, -0.2) is 41.7 Å². The molecule has 36 heavy (non-hydrogen) atoms. The van der Waals surface area contributed by atoms with E-state index in [9.17, 15) is 23.1 Å². The second kappa shape index (κ2) is 10.5. The molecule has 0 spiro atoms. The summed E-state index contributed by atoms with van der Waals surface area (Å²) < 4.78 is 63.2. The van der Waals surface area contributed by atoms with Crippen LogP contribution in [0.2, 0.25) is 5.02 Å². The molecule has 0 saturated carbocycles. The molecule has 1 aliphatic rings. The summed E-state index contributed by atoms with van der Waals surface area (Å²) in [6, 6.07) is 9.16. The number of aliphatic carboxylic acids is 1. The van der Waals surface area contributed by atoms with E-state index in [-0.39, 0.29) is 28.7 Å². The van der Waals surface area contributed by atoms with Gasteiger partial charge in [0.1, 0.15) is 28.6 Å². The van der Waals surface area contributed by atoms with Gasteiger partial charge >= 0.3 is 12.1 Å². The zero-order valence-corrected chi connectivity index (χ0v) is 21.1. The number of hydrogen-bond donors (Lipinski definition) is 1. The summed E-state index contributed by atoms with van der Waals surface area (Å²) in [5.74, 6) is 0.193. The molecule has 1 N–H and O–H groups in total. The fraction of sp³-hybridized carbons (Fsp3) is 0.423. The van der Waals surface area contributed by atoms with Crippen molar-refractivity contribution in [1.29, 1.82) is 0 Å². The van der Waals surface area contributed by atoms with Crippen LogP contribution in [-0.2, 0) is 4.79 Å². The lowest BCUT2D eigenvalue weighted by Gasteiger charge is -2.32. The monoisotopic (exact) mass is 528 g/mol. The van der Waals surface area contributed by atoms with Crippen molar-refractivity contribution >= 4 is 23.1 Å². The Bertz CT molecular complexity index is 1130. The highest BCUT2D eigenvalue weighted by molar-refractivity contribution is 6.32. The van der Waals surface area contributed by atoms with E-state index in [4.69, 9.17) is 30.5 Å². The van der Waals surface area contributed by atoms with Crippen LogP contribution in [0.4, 0.5) is 13.2 Å². The van der Waals surface area contributed by atoms with Gasteiger partial charge in [-0.3, -0.25) is 0 Å². The number of rotatable bonds is 10. The maximum absolute atomic E-state index is 13.5. The van der Waals surface area contributed by atoms with Gasteiger partial charge in [0.05, 0.1) is 23.8 Å². The van der Waals surface area contributed by atoms with Crippen molar-refractivity contribution in [1.82, 2.24) is 0 Å². The first kappa shape index (κ1) is 27.5. The minimum absolute atomic E-state index is 0.0455. The standard InChI is InChI=1S/C26H28ClF3O6/c1-5-25(4,23(31)32)35-17-9-7-16(8-10-17)33-11-6-12-34-22-14-21-18(13-20(22)27)19(26(28,29)30)15-24(2,3)36-21/h7-10,13-15H,5-6,11-12H2,1-4H3,(H,31,32)/t25-/m0/s1. The number of carboxylic acids is 1. The Kier molecular flexibility index (Phi) is 8.03. The van der Waals surface area contributed by atoms with E-state index in [2.05, 4.69) is 0 Å². The van der Waals surface area contributed by atoms with Crippen molar-refractivity contribution in [2.45, 2.75) is 57.9 Å². The molecule has 0 radical (unpaired) electrons. The van der Waals surface area contributed by atoms with Crippen LogP contribution in [0.25, 0.3) is 5.57 Å². The number of alkyl halides is 3. The van der Waals surface area contributed by atoms with Crippen LogP contribution in [0.1, 0.15) is 46.1 Å². The van der Waals surface area contributed by atoms with Crippen LogP contribution in [0, 0.1) is 0 Å². The molecule has 0 aliphatic carbocycles. The summed E-state index contributed by atoms with van der Waals surface area (Å²) in [6.45, 7) is 6.83. The van der Waals surface area contributed by atoms with Gasteiger partial charge in [-0.1, -0.05) is 18.5 Å². The van der Waals surface area contributed by atoms with Crippen molar-refractivity contribution in [2.75, 3.05) is 13.2 Å². The van der Waals surface area contributed by atoms with E-state index in [1.807, 2.05) is 0 Å². The van der Waals surface area contributed by atoms with Gasteiger partial charge in [-0.25, -0.2) is 4.79 Å². The molecule has 0 unspecified atom stereocenters. The van der Waals surface area contributed by atoms with E-state index in [1.54, 1.807) is 45.0 Å². The Morgan fingerprint density at radius 1 is 1.08 bits per heavy atom. The maximum atomic E-state index is 13.5. The van der Waals surface area contributed by atoms with Gasteiger partial charge in [0, 0.05) is 18.1 Å². The number of halogens is 4. The van der Waals surface area contributed by atoms with Gasteiger partial charge < -0.3 is 24.1 Å². The molecule has 6 nitrogen and oxygen atoms in total. The lowest BCUT2D eigenvalue weighted by atomic mass is 9.94. The highest BCUT2D eigenvalue weighted by atomic mass is 35.5. The van der Waals surface area contributed by atoms with Gasteiger partial charge in [0.25, 0.3) is 0 Å². The Morgan fingerprint density at radius 2 is 1.69 bits per heavy atom. The third kappa shape index (κ3) is 6.57. The van der Waals surface area contributed by atoms with E-state index >= 15 is 0 Å². The number of benzene rings is 2. The quantitative estimate of drug-likeness (QED) is 0.337. The molecule has 1 atom stereocenters. The number of carbonyl (C=O) groups is 1. The van der Waals surface area contributed by atoms with Crippen LogP contribution in [0.3, 0.4) is 0 Å². The van der Waals surface area contributed by atoms with E-state index in [0.29, 0.717) is 30.9 Å². The van der Waals surface area contributed by atoms with Gasteiger partial charge in [0.2, 0.25) is 5.60 Å². The van der Waals surface area contributed by atoms with Crippen molar-refractivity contribution in [3.8, 4) is 23.0 Å². The van der Waals surface area contributed by atoms with Crippen molar-refractivity contribution in [3.05, 3.63) is 53.1 Å². The van der Waals surface area contributed by atoms with Crippen LogP contribution >= 0.6 is 11.6 Å². The third-order valence-electron chi connectivity index (χ3n) is 5.60. The summed E-state index contributed by atoms with van der Waals surface area (Å²) in [5.41, 5.74) is -3.38.